The van der Waals surface area contributed by atoms with Crippen LogP contribution in [0, 0.1) is 5.82 Å². The number of nitrogens with zero attached hydrogens (tertiary/aromatic N) is 1. The minimum Gasteiger partial charge on any atom is -0.439 e. The Hall–Kier alpha value is -2.90. The summed E-state index contributed by atoms with van der Waals surface area (Å²) in [5.74, 6) is -0.750. The molecule has 0 aliphatic carbocycles. The molecule has 0 bridgehead atoms. The summed E-state index contributed by atoms with van der Waals surface area (Å²) in [4.78, 5) is 11.1. The standard InChI is InChI=1S/C17H12F4N2O2/c1-9-15(22-23-16(24)25-9)10-6-7-11(13(8-10)17(19,20)21)12-4-2-3-5-14(12)18/h2-9H,1H3,(H,23,24)/t9-/m0/s1. The summed E-state index contributed by atoms with van der Waals surface area (Å²) in [6, 6.07) is 8.68. The molecule has 0 radical (unpaired) electrons. The Bertz CT molecular complexity index is 862. The molecule has 4 nitrogen and oxygen atoms in total. The third-order valence-corrected chi connectivity index (χ3v) is 3.72. The molecule has 25 heavy (non-hydrogen) atoms. The third kappa shape index (κ3) is 3.33. The Morgan fingerprint density at radius 3 is 2.48 bits per heavy atom. The monoisotopic (exact) mass is 352 g/mol. The molecule has 1 aliphatic heterocycles. The molecule has 130 valence electrons. The fourth-order valence-electron chi connectivity index (χ4n) is 2.59. The van der Waals surface area contributed by atoms with Crippen molar-refractivity contribution >= 4 is 11.8 Å². The minimum absolute atomic E-state index is 0.125. The normalized spacial score (nSPS) is 17.6. The number of ether oxygens (including phenoxy) is 1. The summed E-state index contributed by atoms with van der Waals surface area (Å²) in [7, 11) is 0. The number of hydrogen-bond donors (Lipinski definition) is 1. The first-order valence-corrected chi connectivity index (χ1v) is 7.28. The van der Waals surface area contributed by atoms with Crippen LogP contribution in [0.15, 0.2) is 47.6 Å². The summed E-state index contributed by atoms with van der Waals surface area (Å²) in [6.45, 7) is 1.50. The van der Waals surface area contributed by atoms with Crippen LogP contribution in [-0.2, 0) is 10.9 Å². The van der Waals surface area contributed by atoms with E-state index in [2.05, 4.69) is 10.5 Å². The van der Waals surface area contributed by atoms with Gasteiger partial charge in [0.05, 0.1) is 5.56 Å². The fourth-order valence-corrected chi connectivity index (χ4v) is 2.59. The molecular formula is C17H12F4N2O2. The summed E-state index contributed by atoms with van der Waals surface area (Å²) in [5, 5.41) is 3.76. The number of benzene rings is 2. The van der Waals surface area contributed by atoms with Crippen LogP contribution in [0.5, 0.6) is 0 Å². The maximum atomic E-state index is 13.9. The van der Waals surface area contributed by atoms with E-state index in [-0.39, 0.29) is 22.4 Å². The van der Waals surface area contributed by atoms with Gasteiger partial charge in [-0.15, -0.1) is 0 Å². The van der Waals surface area contributed by atoms with Gasteiger partial charge >= 0.3 is 12.3 Å². The number of hydrazone groups is 1. The minimum atomic E-state index is -4.70. The Balaban J connectivity index is 2.14. The second-order valence-electron chi connectivity index (χ2n) is 5.39. The van der Waals surface area contributed by atoms with Gasteiger partial charge in [0.25, 0.3) is 0 Å². The van der Waals surface area contributed by atoms with E-state index >= 15 is 0 Å². The van der Waals surface area contributed by atoms with Crippen molar-refractivity contribution < 1.29 is 27.1 Å². The van der Waals surface area contributed by atoms with E-state index in [0.29, 0.717) is 0 Å². The molecule has 1 amide bonds. The lowest BCUT2D eigenvalue weighted by Gasteiger charge is -2.22. The van der Waals surface area contributed by atoms with E-state index in [0.717, 1.165) is 12.1 Å². The molecule has 0 saturated carbocycles. The molecule has 1 heterocycles. The van der Waals surface area contributed by atoms with Crippen molar-refractivity contribution in [3.05, 3.63) is 59.4 Å². The van der Waals surface area contributed by atoms with Gasteiger partial charge in [0, 0.05) is 11.1 Å². The highest BCUT2D eigenvalue weighted by Gasteiger charge is 2.35. The largest absolute Gasteiger partial charge is 0.439 e. The molecule has 0 unspecified atom stereocenters. The van der Waals surface area contributed by atoms with Crippen LogP contribution in [-0.4, -0.2) is 17.9 Å². The highest BCUT2D eigenvalue weighted by atomic mass is 19.4. The molecule has 8 heteroatoms. The zero-order chi connectivity index (χ0) is 18.2. The number of hydrogen-bond acceptors (Lipinski definition) is 3. The predicted molar refractivity (Wildman–Crippen MR) is 82.5 cm³/mol. The van der Waals surface area contributed by atoms with Crippen LogP contribution in [0.4, 0.5) is 22.4 Å². The number of carbonyl (C=O) groups excluding carboxylic acids is 1. The number of alkyl halides is 3. The lowest BCUT2D eigenvalue weighted by molar-refractivity contribution is -0.137. The Morgan fingerprint density at radius 2 is 1.84 bits per heavy atom. The highest BCUT2D eigenvalue weighted by molar-refractivity contribution is 6.06. The van der Waals surface area contributed by atoms with Gasteiger partial charge in [-0.05, 0) is 24.6 Å². The van der Waals surface area contributed by atoms with Crippen LogP contribution < -0.4 is 5.43 Å². The summed E-state index contributed by atoms with van der Waals surface area (Å²) < 4.78 is 59.4. The van der Waals surface area contributed by atoms with Gasteiger partial charge in [-0.1, -0.05) is 30.3 Å². The molecular weight excluding hydrogens is 340 g/mol. The average molecular weight is 352 g/mol. The van der Waals surface area contributed by atoms with Gasteiger partial charge in [0.1, 0.15) is 17.6 Å². The smallest absolute Gasteiger partial charge is 0.428 e. The van der Waals surface area contributed by atoms with Crippen LogP contribution in [0.3, 0.4) is 0 Å². The molecule has 1 atom stereocenters. The first-order valence-electron chi connectivity index (χ1n) is 7.28. The Labute approximate surface area is 140 Å². The van der Waals surface area contributed by atoms with Crippen molar-refractivity contribution in [1.82, 2.24) is 5.43 Å². The summed E-state index contributed by atoms with van der Waals surface area (Å²) in [6.07, 6.45) is -6.29. The van der Waals surface area contributed by atoms with Gasteiger partial charge in [-0.2, -0.15) is 18.3 Å². The number of carbonyl (C=O) groups is 1. The first kappa shape index (κ1) is 16.9. The van der Waals surface area contributed by atoms with Gasteiger partial charge in [0.2, 0.25) is 0 Å². The number of rotatable bonds is 2. The van der Waals surface area contributed by atoms with Crippen molar-refractivity contribution in [2.24, 2.45) is 5.10 Å². The van der Waals surface area contributed by atoms with E-state index in [1.54, 1.807) is 0 Å². The predicted octanol–water partition coefficient (Wildman–Crippen LogP) is 4.34. The maximum Gasteiger partial charge on any atom is 0.428 e. The van der Waals surface area contributed by atoms with E-state index in [1.165, 1.54) is 37.3 Å². The zero-order valence-electron chi connectivity index (χ0n) is 12.9. The van der Waals surface area contributed by atoms with Gasteiger partial charge < -0.3 is 4.74 Å². The SMILES string of the molecule is C[C@@H]1OC(=O)NN=C1c1ccc(-c2ccccc2F)c(C(F)(F)F)c1. The third-order valence-electron chi connectivity index (χ3n) is 3.72. The lowest BCUT2D eigenvalue weighted by atomic mass is 9.94. The van der Waals surface area contributed by atoms with E-state index in [4.69, 9.17) is 4.74 Å². The molecule has 1 N–H and O–H groups in total. The number of amides is 1. The molecule has 0 spiro atoms. The highest BCUT2D eigenvalue weighted by Crippen LogP contribution is 2.38. The summed E-state index contributed by atoms with van der Waals surface area (Å²) >= 11 is 0. The second-order valence-corrected chi connectivity index (χ2v) is 5.39. The quantitative estimate of drug-likeness (QED) is 0.818. The zero-order valence-corrected chi connectivity index (χ0v) is 12.9. The molecule has 0 fully saturated rings. The van der Waals surface area contributed by atoms with Crippen LogP contribution >= 0.6 is 0 Å². The lowest BCUT2D eigenvalue weighted by Crippen LogP contribution is -2.37. The van der Waals surface area contributed by atoms with E-state index < -0.39 is 29.8 Å². The van der Waals surface area contributed by atoms with Gasteiger partial charge in [-0.3, -0.25) is 0 Å². The van der Waals surface area contributed by atoms with Gasteiger partial charge in [-0.25, -0.2) is 14.6 Å². The topological polar surface area (TPSA) is 50.7 Å². The number of cyclic esters (lactones) is 1. The molecule has 0 aromatic heterocycles. The van der Waals surface area contributed by atoms with E-state index in [9.17, 15) is 22.4 Å². The number of halogens is 4. The van der Waals surface area contributed by atoms with Crippen LogP contribution in [0.2, 0.25) is 0 Å². The molecule has 2 aromatic rings. The van der Waals surface area contributed by atoms with Crippen LogP contribution in [0.25, 0.3) is 11.1 Å². The van der Waals surface area contributed by atoms with E-state index in [1.807, 2.05) is 0 Å². The maximum absolute atomic E-state index is 13.9. The van der Waals surface area contributed by atoms with Crippen molar-refractivity contribution in [1.29, 1.82) is 0 Å². The summed E-state index contributed by atoms with van der Waals surface area (Å²) in [5.41, 5.74) is 0.907. The molecule has 2 aromatic carbocycles. The molecule has 1 aliphatic rings. The second kappa shape index (κ2) is 6.19. The average Bonchev–Trinajstić information content (AvgIpc) is 2.54. The molecule has 3 rings (SSSR count). The van der Waals surface area contributed by atoms with Gasteiger partial charge in [0.15, 0.2) is 0 Å². The van der Waals surface area contributed by atoms with Crippen molar-refractivity contribution in [2.45, 2.75) is 19.2 Å². The van der Waals surface area contributed by atoms with Crippen molar-refractivity contribution in [2.75, 3.05) is 0 Å². The van der Waals surface area contributed by atoms with Crippen LogP contribution in [0.1, 0.15) is 18.1 Å². The Morgan fingerprint density at radius 1 is 1.12 bits per heavy atom. The van der Waals surface area contributed by atoms with Crippen molar-refractivity contribution in [3.8, 4) is 11.1 Å². The number of nitrogens with one attached hydrogen (secondary N) is 1. The molecule has 0 saturated heterocycles. The van der Waals surface area contributed by atoms with Crippen molar-refractivity contribution in [3.63, 3.8) is 0 Å². The fraction of sp³-hybridized carbons (Fsp3) is 0.176. The Kier molecular flexibility index (Phi) is 4.20. The first-order chi connectivity index (χ1) is 11.8.